The van der Waals surface area contributed by atoms with Gasteiger partial charge in [-0.05, 0) is 6.42 Å². The monoisotopic (exact) mass is 210 g/mol. The van der Waals surface area contributed by atoms with Crippen LogP contribution in [0.1, 0.15) is 6.42 Å². The van der Waals surface area contributed by atoms with Crippen molar-refractivity contribution in [3.05, 3.63) is 0 Å². The lowest BCUT2D eigenvalue weighted by atomic mass is 10.5. The summed E-state index contributed by atoms with van der Waals surface area (Å²) in [6, 6.07) is 0. The number of epoxide rings is 1. The van der Waals surface area contributed by atoms with E-state index in [1.165, 1.54) is 0 Å². The number of hydrogen-bond acceptors (Lipinski definition) is 6. The molecular formula is C6H14O6Si. The number of hydrogen-bond donors (Lipinski definition) is 3. The molecule has 0 spiro atoms. The Hall–Kier alpha value is -0.0231. The topological polar surface area (TPSA) is 91.7 Å². The molecule has 1 unspecified atom stereocenters. The lowest BCUT2D eigenvalue weighted by Gasteiger charge is -2.09. The molecule has 1 atom stereocenters. The Bertz CT molecular complexity index is 143. The van der Waals surface area contributed by atoms with Crippen LogP contribution in [-0.2, 0) is 13.9 Å². The molecule has 1 fully saturated rings. The smallest absolute Gasteiger partial charge is 0.379 e. The van der Waals surface area contributed by atoms with Crippen molar-refractivity contribution in [2.24, 2.45) is 0 Å². The van der Waals surface area contributed by atoms with Crippen molar-refractivity contribution in [3.8, 4) is 0 Å². The summed E-state index contributed by atoms with van der Waals surface area (Å²) in [5.74, 6) is 0. The number of rotatable bonds is 7. The maximum Gasteiger partial charge on any atom is 0.671 e. The van der Waals surface area contributed by atoms with E-state index in [2.05, 4.69) is 4.43 Å². The van der Waals surface area contributed by atoms with E-state index in [-0.39, 0.29) is 12.7 Å². The van der Waals surface area contributed by atoms with Gasteiger partial charge in [0.25, 0.3) is 0 Å². The highest BCUT2D eigenvalue weighted by Crippen LogP contribution is 2.08. The largest absolute Gasteiger partial charge is 0.671 e. The fourth-order valence-electron chi connectivity index (χ4n) is 0.749. The van der Waals surface area contributed by atoms with Gasteiger partial charge in [0.15, 0.2) is 0 Å². The average Bonchev–Trinajstić information content (AvgIpc) is 2.77. The predicted molar refractivity (Wildman–Crippen MR) is 43.5 cm³/mol. The first-order valence-corrected chi connectivity index (χ1v) is 5.83. The van der Waals surface area contributed by atoms with Crippen molar-refractivity contribution >= 4 is 9.05 Å². The second kappa shape index (κ2) is 5.01. The summed E-state index contributed by atoms with van der Waals surface area (Å²) in [4.78, 5) is 25.3. The van der Waals surface area contributed by atoms with E-state index in [1.54, 1.807) is 0 Å². The molecule has 7 heteroatoms. The van der Waals surface area contributed by atoms with Crippen LogP contribution in [0.3, 0.4) is 0 Å². The molecule has 3 N–H and O–H groups in total. The van der Waals surface area contributed by atoms with E-state index in [0.29, 0.717) is 19.6 Å². The van der Waals surface area contributed by atoms with Gasteiger partial charge < -0.3 is 28.3 Å². The van der Waals surface area contributed by atoms with Crippen molar-refractivity contribution in [1.29, 1.82) is 0 Å². The van der Waals surface area contributed by atoms with Gasteiger partial charge in [-0.25, -0.2) is 0 Å². The van der Waals surface area contributed by atoms with Gasteiger partial charge in [-0.3, -0.25) is 0 Å². The molecule has 0 amide bonds. The minimum Gasteiger partial charge on any atom is -0.379 e. The van der Waals surface area contributed by atoms with Gasteiger partial charge in [0.2, 0.25) is 0 Å². The molecular weight excluding hydrogens is 196 g/mol. The molecule has 0 aromatic carbocycles. The second-order valence-corrected chi connectivity index (χ2v) is 4.24. The van der Waals surface area contributed by atoms with Gasteiger partial charge in [0, 0.05) is 13.2 Å². The van der Waals surface area contributed by atoms with Crippen LogP contribution in [0, 0.1) is 0 Å². The van der Waals surface area contributed by atoms with E-state index in [4.69, 9.17) is 23.9 Å². The Morgan fingerprint density at radius 1 is 1.31 bits per heavy atom. The average molecular weight is 210 g/mol. The predicted octanol–water partition coefficient (Wildman–Crippen LogP) is -1.78. The molecule has 0 radical (unpaired) electrons. The standard InChI is InChI=1S/C6H14O6Si/c7-13(8,9)12-3-1-2-10-4-6-5-11-6/h6-9H,1-5H2. The van der Waals surface area contributed by atoms with E-state index < -0.39 is 9.05 Å². The van der Waals surface area contributed by atoms with Crippen molar-refractivity contribution in [3.63, 3.8) is 0 Å². The van der Waals surface area contributed by atoms with Crippen LogP contribution in [0.5, 0.6) is 0 Å². The Labute approximate surface area is 77.2 Å². The summed E-state index contributed by atoms with van der Waals surface area (Å²) in [7, 11) is -4.31. The summed E-state index contributed by atoms with van der Waals surface area (Å²) in [6.07, 6.45) is 0.756. The molecule has 1 aliphatic heterocycles. The lowest BCUT2D eigenvalue weighted by molar-refractivity contribution is 0.0473. The van der Waals surface area contributed by atoms with Crippen LogP contribution in [0.15, 0.2) is 0 Å². The van der Waals surface area contributed by atoms with Gasteiger partial charge in [0.1, 0.15) is 6.10 Å². The van der Waals surface area contributed by atoms with Crippen LogP contribution >= 0.6 is 0 Å². The lowest BCUT2D eigenvalue weighted by Crippen LogP contribution is -2.39. The molecule has 6 nitrogen and oxygen atoms in total. The molecule has 78 valence electrons. The minimum absolute atomic E-state index is 0.0846. The molecule has 0 aromatic rings. The molecule has 13 heavy (non-hydrogen) atoms. The fourth-order valence-corrected chi connectivity index (χ4v) is 1.17. The molecule has 1 heterocycles. The zero-order chi connectivity index (χ0) is 9.73. The molecule has 0 aromatic heterocycles. The van der Waals surface area contributed by atoms with E-state index in [1.807, 2.05) is 0 Å². The van der Waals surface area contributed by atoms with Crippen molar-refractivity contribution in [2.45, 2.75) is 12.5 Å². The third kappa shape index (κ3) is 7.08. The van der Waals surface area contributed by atoms with Crippen LogP contribution < -0.4 is 0 Å². The minimum atomic E-state index is -4.31. The Kier molecular flexibility index (Phi) is 4.26. The summed E-state index contributed by atoms with van der Waals surface area (Å²) >= 11 is 0. The molecule has 0 saturated carbocycles. The zero-order valence-electron chi connectivity index (χ0n) is 7.18. The zero-order valence-corrected chi connectivity index (χ0v) is 8.18. The Balaban J connectivity index is 1.78. The van der Waals surface area contributed by atoms with E-state index in [0.717, 1.165) is 6.61 Å². The third-order valence-corrected chi connectivity index (χ3v) is 2.03. The first-order chi connectivity index (χ1) is 6.08. The quantitative estimate of drug-likeness (QED) is 0.261. The summed E-state index contributed by atoms with van der Waals surface area (Å²) in [5, 5.41) is 0. The summed E-state index contributed by atoms with van der Waals surface area (Å²) in [6.45, 7) is 1.88. The third-order valence-electron chi connectivity index (χ3n) is 1.43. The first-order valence-electron chi connectivity index (χ1n) is 4.08. The SMILES string of the molecule is O[Si](O)(O)OCCCOCC1CO1. The molecule has 1 aliphatic rings. The molecule has 0 bridgehead atoms. The fraction of sp³-hybridized carbons (Fsp3) is 1.00. The van der Waals surface area contributed by atoms with Crippen LogP contribution in [-0.4, -0.2) is 56.0 Å². The van der Waals surface area contributed by atoms with Gasteiger partial charge in [-0.1, -0.05) is 0 Å². The van der Waals surface area contributed by atoms with E-state index >= 15 is 0 Å². The first kappa shape index (κ1) is 11.1. The highest BCUT2D eigenvalue weighted by Gasteiger charge is 2.29. The van der Waals surface area contributed by atoms with Gasteiger partial charge in [0.05, 0.1) is 13.2 Å². The van der Waals surface area contributed by atoms with Crippen molar-refractivity contribution in [1.82, 2.24) is 0 Å². The van der Waals surface area contributed by atoms with Crippen LogP contribution in [0.2, 0.25) is 0 Å². The van der Waals surface area contributed by atoms with Crippen LogP contribution in [0.25, 0.3) is 0 Å². The van der Waals surface area contributed by atoms with Gasteiger partial charge >= 0.3 is 9.05 Å². The highest BCUT2D eigenvalue weighted by atomic mass is 28.4. The summed E-state index contributed by atoms with van der Waals surface area (Å²) in [5.41, 5.74) is 0. The van der Waals surface area contributed by atoms with Crippen LogP contribution in [0.4, 0.5) is 0 Å². The van der Waals surface area contributed by atoms with Crippen molar-refractivity contribution < 1.29 is 28.3 Å². The molecule has 1 saturated heterocycles. The van der Waals surface area contributed by atoms with Gasteiger partial charge in [-0.2, -0.15) is 0 Å². The van der Waals surface area contributed by atoms with Crippen molar-refractivity contribution in [2.75, 3.05) is 26.4 Å². The Morgan fingerprint density at radius 2 is 2.00 bits per heavy atom. The molecule has 1 rings (SSSR count). The maximum atomic E-state index is 8.44. The van der Waals surface area contributed by atoms with E-state index in [9.17, 15) is 0 Å². The second-order valence-electron chi connectivity index (χ2n) is 2.81. The molecule has 0 aliphatic carbocycles. The van der Waals surface area contributed by atoms with Gasteiger partial charge in [-0.15, -0.1) is 0 Å². The highest BCUT2D eigenvalue weighted by molar-refractivity contribution is 6.48. The normalized spacial score (nSPS) is 21.9. The number of ether oxygens (including phenoxy) is 2. The summed E-state index contributed by atoms with van der Waals surface area (Å²) < 4.78 is 14.4. The maximum absolute atomic E-state index is 8.44. The Morgan fingerprint density at radius 3 is 2.54 bits per heavy atom.